The third-order valence-electron chi connectivity index (χ3n) is 4.39. The topological polar surface area (TPSA) is 87.5 Å². The Kier molecular flexibility index (Phi) is 4.69. The lowest BCUT2D eigenvalue weighted by Crippen LogP contribution is -2.29. The van der Waals surface area contributed by atoms with Crippen molar-refractivity contribution in [2.24, 2.45) is 0 Å². The Morgan fingerprint density at radius 1 is 1.37 bits per heavy atom. The number of ether oxygens (including phenoxy) is 3. The van der Waals surface area contributed by atoms with Gasteiger partial charge in [-0.25, -0.2) is 9.48 Å². The van der Waals surface area contributed by atoms with Crippen LogP contribution in [0.5, 0.6) is 11.5 Å². The number of nitrogens with zero attached hydrogens (tertiary/aromatic N) is 3. The molecule has 2 aliphatic heterocycles. The number of benzene rings is 1. The smallest absolute Gasteiger partial charge is 0.338 e. The number of methoxy groups -OCH3 is 1. The van der Waals surface area contributed by atoms with E-state index >= 15 is 0 Å². The summed E-state index contributed by atoms with van der Waals surface area (Å²) in [7, 11) is 1.37. The summed E-state index contributed by atoms with van der Waals surface area (Å²) < 4.78 is 18.1. The van der Waals surface area contributed by atoms with Crippen molar-refractivity contribution in [1.82, 2.24) is 14.8 Å². The minimum Gasteiger partial charge on any atom is -0.486 e. The number of aromatic nitrogens is 3. The van der Waals surface area contributed by atoms with E-state index in [-0.39, 0.29) is 0 Å². The molecule has 142 valence electrons. The maximum atomic E-state index is 12.5. The fourth-order valence-electron chi connectivity index (χ4n) is 3.23. The second-order valence-electron chi connectivity index (χ2n) is 6.06. The summed E-state index contributed by atoms with van der Waals surface area (Å²) in [6, 6.07) is 5.19. The predicted octanol–water partition coefficient (Wildman–Crippen LogP) is 2.62. The first kappa shape index (κ1) is 17.7. The first-order valence-corrected chi connectivity index (χ1v) is 9.66. The zero-order valence-electron chi connectivity index (χ0n) is 15.3. The molecular formula is C18H20N4O4S. The van der Waals surface area contributed by atoms with Crippen molar-refractivity contribution in [3.05, 3.63) is 35.0 Å². The molecule has 0 saturated carbocycles. The molecule has 0 radical (unpaired) electrons. The molecule has 4 rings (SSSR count). The van der Waals surface area contributed by atoms with Gasteiger partial charge in [0.2, 0.25) is 11.1 Å². The van der Waals surface area contributed by atoms with E-state index in [1.807, 2.05) is 32.0 Å². The number of thioether (sulfide) groups is 1. The van der Waals surface area contributed by atoms with E-state index in [1.165, 1.54) is 7.11 Å². The number of esters is 1. The van der Waals surface area contributed by atoms with Crippen LogP contribution in [0.15, 0.2) is 34.6 Å². The van der Waals surface area contributed by atoms with Crippen molar-refractivity contribution in [1.29, 1.82) is 0 Å². The Bertz CT molecular complexity index is 924. The quantitative estimate of drug-likeness (QED) is 0.632. The van der Waals surface area contributed by atoms with Crippen LogP contribution in [0, 0.1) is 0 Å². The van der Waals surface area contributed by atoms with Gasteiger partial charge in [0.1, 0.15) is 19.3 Å². The van der Waals surface area contributed by atoms with Crippen LogP contribution in [-0.4, -0.2) is 46.8 Å². The Hall–Kier alpha value is -2.68. The van der Waals surface area contributed by atoms with Crippen molar-refractivity contribution in [3.63, 3.8) is 0 Å². The molecule has 2 aromatic rings. The molecule has 2 aliphatic rings. The lowest BCUT2D eigenvalue weighted by molar-refractivity contribution is -0.136. The molecule has 1 N–H and O–H groups in total. The summed E-state index contributed by atoms with van der Waals surface area (Å²) in [6.07, 6.45) is 0. The Morgan fingerprint density at radius 2 is 2.15 bits per heavy atom. The van der Waals surface area contributed by atoms with Gasteiger partial charge in [-0.15, -0.1) is 5.10 Å². The number of hydrogen-bond donors (Lipinski definition) is 1. The maximum absolute atomic E-state index is 12.5. The zero-order chi connectivity index (χ0) is 19.0. The first-order valence-electron chi connectivity index (χ1n) is 8.67. The molecule has 3 heterocycles. The third-order valence-corrected chi connectivity index (χ3v) is 5.11. The summed E-state index contributed by atoms with van der Waals surface area (Å²) in [6.45, 7) is 4.89. The number of carbonyl (C=O) groups is 1. The molecule has 0 fully saturated rings. The predicted molar refractivity (Wildman–Crippen MR) is 100 cm³/mol. The van der Waals surface area contributed by atoms with Gasteiger partial charge in [-0.05, 0) is 30.4 Å². The van der Waals surface area contributed by atoms with Crippen LogP contribution in [0.3, 0.4) is 0 Å². The number of nitrogens with one attached hydrogen (secondary N) is 1. The van der Waals surface area contributed by atoms with Crippen molar-refractivity contribution < 1.29 is 19.0 Å². The fraction of sp³-hybridized carbons (Fsp3) is 0.389. The molecule has 0 spiro atoms. The van der Waals surface area contributed by atoms with Crippen LogP contribution in [0.4, 0.5) is 5.95 Å². The standard InChI is InChI=1S/C18H20N4O4S/c1-4-27-18-20-17-19-10(2)14(16(23)24-3)15(22(17)21-18)11-5-6-12-13(9-11)26-8-7-25-12/h5-6,9,15H,4,7-8H2,1-3H3,(H,19,20,21). The number of rotatable bonds is 4. The molecule has 27 heavy (non-hydrogen) atoms. The number of anilines is 1. The van der Waals surface area contributed by atoms with E-state index in [9.17, 15) is 4.79 Å². The van der Waals surface area contributed by atoms with E-state index in [0.717, 1.165) is 11.3 Å². The van der Waals surface area contributed by atoms with Gasteiger partial charge in [0, 0.05) is 5.70 Å². The van der Waals surface area contributed by atoms with Gasteiger partial charge in [-0.1, -0.05) is 24.8 Å². The van der Waals surface area contributed by atoms with Gasteiger partial charge < -0.3 is 19.5 Å². The number of fused-ring (bicyclic) bond motifs is 2. The lowest BCUT2D eigenvalue weighted by Gasteiger charge is -2.28. The molecule has 9 heteroatoms. The summed E-state index contributed by atoms with van der Waals surface area (Å²) in [4.78, 5) is 17.1. The van der Waals surface area contributed by atoms with Gasteiger partial charge in [0.15, 0.2) is 11.5 Å². The molecule has 0 saturated heterocycles. The molecule has 0 bridgehead atoms. The fourth-order valence-corrected chi connectivity index (χ4v) is 3.79. The Morgan fingerprint density at radius 3 is 2.89 bits per heavy atom. The van der Waals surface area contributed by atoms with Gasteiger partial charge in [-0.3, -0.25) is 0 Å². The zero-order valence-corrected chi connectivity index (χ0v) is 16.1. The molecule has 1 aromatic heterocycles. The molecule has 0 aliphatic carbocycles. The van der Waals surface area contributed by atoms with E-state index in [2.05, 4.69) is 15.4 Å². The molecular weight excluding hydrogens is 368 g/mol. The molecule has 0 amide bonds. The van der Waals surface area contributed by atoms with Crippen molar-refractivity contribution in [3.8, 4) is 11.5 Å². The molecule has 1 atom stereocenters. The Labute approximate surface area is 160 Å². The van der Waals surface area contributed by atoms with Crippen LogP contribution in [0.2, 0.25) is 0 Å². The number of hydrogen-bond acceptors (Lipinski definition) is 8. The maximum Gasteiger partial charge on any atom is 0.338 e. The van der Waals surface area contributed by atoms with Gasteiger partial charge in [0.05, 0.1) is 12.7 Å². The summed E-state index contributed by atoms with van der Waals surface area (Å²) in [5, 5.41) is 8.42. The largest absolute Gasteiger partial charge is 0.486 e. The SMILES string of the molecule is CCSc1nc2n(n1)C(c1ccc3c(c1)OCCO3)C(C(=O)OC)=C(C)N2. The normalized spacial score (nSPS) is 18.0. The van der Waals surface area contributed by atoms with Crippen LogP contribution < -0.4 is 14.8 Å². The highest BCUT2D eigenvalue weighted by atomic mass is 32.2. The van der Waals surface area contributed by atoms with Gasteiger partial charge in [-0.2, -0.15) is 4.98 Å². The highest BCUT2D eigenvalue weighted by Gasteiger charge is 2.35. The molecule has 1 aromatic carbocycles. The summed E-state index contributed by atoms with van der Waals surface area (Å²) >= 11 is 1.54. The minimum atomic E-state index is -0.469. The second-order valence-corrected chi connectivity index (χ2v) is 7.29. The van der Waals surface area contributed by atoms with Crippen molar-refractivity contribution >= 4 is 23.7 Å². The van der Waals surface area contributed by atoms with Crippen molar-refractivity contribution in [2.45, 2.75) is 25.0 Å². The van der Waals surface area contributed by atoms with Crippen LogP contribution in [-0.2, 0) is 9.53 Å². The van der Waals surface area contributed by atoms with E-state index < -0.39 is 12.0 Å². The number of carbonyl (C=O) groups excluding carboxylic acids is 1. The van der Waals surface area contributed by atoms with E-state index in [0.29, 0.717) is 47.1 Å². The number of allylic oxidation sites excluding steroid dienone is 1. The third kappa shape index (κ3) is 3.12. The summed E-state index contributed by atoms with van der Waals surface area (Å²) in [5.41, 5.74) is 2.02. The minimum absolute atomic E-state index is 0.411. The summed E-state index contributed by atoms with van der Waals surface area (Å²) in [5.74, 6) is 2.39. The Balaban J connectivity index is 1.85. The molecule has 8 nitrogen and oxygen atoms in total. The van der Waals surface area contributed by atoms with Gasteiger partial charge >= 0.3 is 5.97 Å². The average Bonchev–Trinajstić information content (AvgIpc) is 3.08. The highest BCUT2D eigenvalue weighted by Crippen LogP contribution is 2.40. The monoisotopic (exact) mass is 388 g/mol. The van der Waals surface area contributed by atoms with Crippen molar-refractivity contribution in [2.75, 3.05) is 31.4 Å². The van der Waals surface area contributed by atoms with Crippen LogP contribution in [0.1, 0.15) is 25.5 Å². The van der Waals surface area contributed by atoms with Crippen LogP contribution in [0.25, 0.3) is 0 Å². The molecule has 1 unspecified atom stereocenters. The average molecular weight is 388 g/mol. The van der Waals surface area contributed by atoms with Gasteiger partial charge in [0.25, 0.3) is 0 Å². The lowest BCUT2D eigenvalue weighted by atomic mass is 9.95. The van der Waals surface area contributed by atoms with E-state index in [4.69, 9.17) is 14.2 Å². The van der Waals surface area contributed by atoms with E-state index in [1.54, 1.807) is 16.4 Å². The second kappa shape index (κ2) is 7.15. The highest BCUT2D eigenvalue weighted by molar-refractivity contribution is 7.99. The van der Waals surface area contributed by atoms with Crippen LogP contribution >= 0.6 is 11.8 Å². The first-order chi connectivity index (χ1) is 13.1.